The molecule has 0 saturated carbocycles. The second-order valence-corrected chi connectivity index (χ2v) is 6.55. The number of amides is 1. The summed E-state index contributed by atoms with van der Waals surface area (Å²) in [6, 6.07) is 13.3. The Kier molecular flexibility index (Phi) is 6.61. The van der Waals surface area contributed by atoms with Gasteiger partial charge in [0.1, 0.15) is 11.4 Å². The number of fused-ring (bicyclic) bond motifs is 1. The van der Waals surface area contributed by atoms with Crippen LogP contribution in [-0.4, -0.2) is 31.6 Å². The largest absolute Gasteiger partial charge is 0.449 e. The number of carbonyl (C=O) groups excluding carboxylic acids is 2. The van der Waals surface area contributed by atoms with Gasteiger partial charge in [0.15, 0.2) is 6.10 Å². The lowest BCUT2D eigenvalue weighted by Gasteiger charge is -2.13. The maximum absolute atomic E-state index is 12.9. The van der Waals surface area contributed by atoms with Crippen LogP contribution in [0, 0.1) is 5.82 Å². The van der Waals surface area contributed by atoms with E-state index in [4.69, 9.17) is 13.9 Å². The van der Waals surface area contributed by atoms with Crippen molar-refractivity contribution >= 4 is 22.8 Å². The highest BCUT2D eigenvalue weighted by Crippen LogP contribution is 2.27. The van der Waals surface area contributed by atoms with Gasteiger partial charge in [-0.15, -0.1) is 0 Å². The number of para-hydroxylation sites is 1. The minimum Gasteiger partial charge on any atom is -0.449 e. The van der Waals surface area contributed by atoms with Crippen LogP contribution in [0.25, 0.3) is 11.0 Å². The Morgan fingerprint density at radius 3 is 2.59 bits per heavy atom. The molecule has 0 fully saturated rings. The maximum Gasteiger partial charge on any atom is 0.375 e. The fourth-order valence-electron chi connectivity index (χ4n) is 2.94. The number of hydrogen-bond acceptors (Lipinski definition) is 5. The van der Waals surface area contributed by atoms with Gasteiger partial charge < -0.3 is 19.2 Å². The van der Waals surface area contributed by atoms with E-state index >= 15 is 0 Å². The van der Waals surface area contributed by atoms with Gasteiger partial charge >= 0.3 is 5.97 Å². The van der Waals surface area contributed by atoms with Gasteiger partial charge in [0.05, 0.1) is 6.61 Å². The predicted octanol–water partition coefficient (Wildman–Crippen LogP) is 3.62. The number of furan rings is 1. The second kappa shape index (κ2) is 9.34. The van der Waals surface area contributed by atoms with Crippen molar-refractivity contribution in [2.45, 2.75) is 26.1 Å². The zero-order valence-corrected chi connectivity index (χ0v) is 16.2. The summed E-state index contributed by atoms with van der Waals surface area (Å²) in [6.45, 7) is 2.01. The SMILES string of the molecule is COCc1c(C(=O)O[C@H](C)C(=O)NCCc2ccc(F)cc2)oc2ccccc12. The maximum atomic E-state index is 12.9. The van der Waals surface area contributed by atoms with E-state index in [-0.39, 0.29) is 18.2 Å². The number of nitrogens with one attached hydrogen (secondary N) is 1. The third-order valence-electron chi connectivity index (χ3n) is 4.45. The van der Waals surface area contributed by atoms with Crippen molar-refractivity contribution in [2.24, 2.45) is 0 Å². The average molecular weight is 399 g/mol. The summed E-state index contributed by atoms with van der Waals surface area (Å²) in [4.78, 5) is 24.8. The minimum absolute atomic E-state index is 0.0269. The van der Waals surface area contributed by atoms with Crippen molar-refractivity contribution in [2.75, 3.05) is 13.7 Å². The molecule has 1 aromatic heterocycles. The highest BCUT2D eigenvalue weighted by Gasteiger charge is 2.25. The molecule has 7 heteroatoms. The molecule has 0 aliphatic heterocycles. The second-order valence-electron chi connectivity index (χ2n) is 6.55. The molecular formula is C22H22FNO5. The van der Waals surface area contributed by atoms with E-state index in [2.05, 4.69) is 5.32 Å². The monoisotopic (exact) mass is 399 g/mol. The molecule has 1 atom stereocenters. The smallest absolute Gasteiger partial charge is 0.375 e. The van der Waals surface area contributed by atoms with Gasteiger partial charge in [0.2, 0.25) is 5.76 Å². The molecule has 29 heavy (non-hydrogen) atoms. The fraction of sp³-hybridized carbons (Fsp3) is 0.273. The number of methoxy groups -OCH3 is 1. The summed E-state index contributed by atoms with van der Waals surface area (Å²) in [5, 5.41) is 3.47. The number of ether oxygens (including phenoxy) is 2. The highest BCUT2D eigenvalue weighted by atomic mass is 19.1. The van der Waals surface area contributed by atoms with Gasteiger partial charge in [-0.05, 0) is 37.1 Å². The van der Waals surface area contributed by atoms with E-state index in [1.807, 2.05) is 12.1 Å². The minimum atomic E-state index is -1.00. The molecule has 2 aromatic carbocycles. The summed E-state index contributed by atoms with van der Waals surface area (Å²) in [5.74, 6) is -1.44. The van der Waals surface area contributed by atoms with E-state index in [9.17, 15) is 14.0 Å². The molecule has 0 bridgehead atoms. The molecule has 1 N–H and O–H groups in total. The first-order chi connectivity index (χ1) is 14.0. The fourth-order valence-corrected chi connectivity index (χ4v) is 2.94. The number of carbonyl (C=O) groups is 2. The van der Waals surface area contributed by atoms with Crippen LogP contribution < -0.4 is 5.32 Å². The first kappa shape index (κ1) is 20.5. The van der Waals surface area contributed by atoms with Crippen molar-refractivity contribution in [1.82, 2.24) is 5.32 Å². The van der Waals surface area contributed by atoms with Crippen LogP contribution in [0.4, 0.5) is 4.39 Å². The Balaban J connectivity index is 1.59. The highest BCUT2D eigenvalue weighted by molar-refractivity contribution is 5.97. The number of rotatable bonds is 8. The standard InChI is InChI=1S/C22H22FNO5/c1-14(21(25)24-12-11-15-7-9-16(23)10-8-15)28-22(26)20-18(13-27-2)17-5-3-4-6-19(17)29-20/h3-10,14H,11-13H2,1-2H3,(H,24,25)/t14-/m1/s1. The van der Waals surface area contributed by atoms with Crippen LogP contribution in [0.2, 0.25) is 0 Å². The Labute approximate surface area is 167 Å². The van der Waals surface area contributed by atoms with Crippen molar-refractivity contribution in [3.05, 3.63) is 71.2 Å². The molecule has 0 saturated heterocycles. The van der Waals surface area contributed by atoms with Crippen LogP contribution in [0.3, 0.4) is 0 Å². The van der Waals surface area contributed by atoms with E-state index in [1.165, 1.54) is 26.2 Å². The number of esters is 1. The van der Waals surface area contributed by atoms with Crippen LogP contribution >= 0.6 is 0 Å². The first-order valence-corrected chi connectivity index (χ1v) is 9.22. The summed E-state index contributed by atoms with van der Waals surface area (Å²) in [5.41, 5.74) is 2.02. The van der Waals surface area contributed by atoms with E-state index in [0.717, 1.165) is 10.9 Å². The zero-order valence-electron chi connectivity index (χ0n) is 16.2. The number of halogens is 1. The molecule has 3 aromatic rings. The van der Waals surface area contributed by atoms with Gasteiger partial charge in [-0.3, -0.25) is 4.79 Å². The van der Waals surface area contributed by atoms with Crippen LogP contribution in [0.1, 0.15) is 28.6 Å². The van der Waals surface area contributed by atoms with Crippen molar-refractivity contribution < 1.29 is 27.9 Å². The molecule has 1 amide bonds. The lowest BCUT2D eigenvalue weighted by atomic mass is 10.1. The molecule has 6 nitrogen and oxygen atoms in total. The zero-order chi connectivity index (χ0) is 20.8. The first-order valence-electron chi connectivity index (χ1n) is 9.22. The third-order valence-corrected chi connectivity index (χ3v) is 4.45. The Bertz CT molecular complexity index is 996. The van der Waals surface area contributed by atoms with Gasteiger partial charge in [0.25, 0.3) is 5.91 Å². The molecule has 152 valence electrons. The lowest BCUT2D eigenvalue weighted by molar-refractivity contribution is -0.129. The van der Waals surface area contributed by atoms with Crippen molar-refractivity contribution in [3.63, 3.8) is 0 Å². The third kappa shape index (κ3) is 5.00. The van der Waals surface area contributed by atoms with E-state index in [0.29, 0.717) is 24.1 Å². The summed E-state index contributed by atoms with van der Waals surface area (Å²) >= 11 is 0. The van der Waals surface area contributed by atoms with Crippen LogP contribution in [0.15, 0.2) is 52.9 Å². The van der Waals surface area contributed by atoms with Crippen LogP contribution in [0.5, 0.6) is 0 Å². The summed E-state index contributed by atoms with van der Waals surface area (Å²) in [7, 11) is 1.52. The molecule has 0 aliphatic rings. The Morgan fingerprint density at radius 2 is 1.86 bits per heavy atom. The van der Waals surface area contributed by atoms with Crippen LogP contribution in [-0.2, 0) is 27.3 Å². The quantitative estimate of drug-likeness (QED) is 0.586. The van der Waals surface area contributed by atoms with E-state index in [1.54, 1.807) is 24.3 Å². The Morgan fingerprint density at radius 1 is 1.14 bits per heavy atom. The molecule has 0 spiro atoms. The van der Waals surface area contributed by atoms with Crippen molar-refractivity contribution in [1.29, 1.82) is 0 Å². The Hall–Kier alpha value is -3.19. The number of hydrogen-bond donors (Lipinski definition) is 1. The summed E-state index contributed by atoms with van der Waals surface area (Å²) < 4.78 is 29.0. The number of benzene rings is 2. The molecule has 0 unspecified atom stereocenters. The van der Waals surface area contributed by atoms with E-state index < -0.39 is 18.0 Å². The predicted molar refractivity (Wildman–Crippen MR) is 105 cm³/mol. The molecule has 0 radical (unpaired) electrons. The molecule has 1 heterocycles. The van der Waals surface area contributed by atoms with Gasteiger partial charge in [-0.1, -0.05) is 30.3 Å². The average Bonchev–Trinajstić information content (AvgIpc) is 3.08. The van der Waals surface area contributed by atoms with Crippen molar-refractivity contribution in [3.8, 4) is 0 Å². The lowest BCUT2D eigenvalue weighted by Crippen LogP contribution is -2.37. The van der Waals surface area contributed by atoms with Gasteiger partial charge in [0, 0.05) is 24.6 Å². The molecular weight excluding hydrogens is 377 g/mol. The molecule has 3 rings (SSSR count). The summed E-state index contributed by atoms with van der Waals surface area (Å²) in [6.07, 6.45) is -0.465. The molecule has 0 aliphatic carbocycles. The van der Waals surface area contributed by atoms with Gasteiger partial charge in [-0.25, -0.2) is 9.18 Å². The topological polar surface area (TPSA) is 77.8 Å². The van der Waals surface area contributed by atoms with Gasteiger partial charge in [-0.2, -0.15) is 0 Å². The normalized spacial score (nSPS) is 12.0.